The van der Waals surface area contributed by atoms with Gasteiger partial charge in [0.1, 0.15) is 5.65 Å². The first kappa shape index (κ1) is 18.2. The van der Waals surface area contributed by atoms with E-state index in [4.69, 9.17) is 0 Å². The van der Waals surface area contributed by atoms with Gasteiger partial charge in [-0.2, -0.15) is 0 Å². The molecule has 0 aliphatic heterocycles. The molecule has 0 unspecified atom stereocenters. The number of nitrogens with one attached hydrogen (secondary N) is 2. The van der Waals surface area contributed by atoms with Crippen molar-refractivity contribution in [3.8, 4) is 11.1 Å². The molecule has 1 saturated carbocycles. The Morgan fingerprint density at radius 2 is 1.81 bits per heavy atom. The normalized spacial score (nSPS) is 20.8. The van der Waals surface area contributed by atoms with E-state index in [1.54, 1.807) is 18.3 Å². The number of nitrogens with zero attached hydrogens (tertiary/aromatic N) is 1. The van der Waals surface area contributed by atoms with Gasteiger partial charge in [0.15, 0.2) is 0 Å². The Kier molecular flexibility index (Phi) is 4.75. The second-order valence-electron chi connectivity index (χ2n) is 7.22. The highest BCUT2D eigenvalue weighted by molar-refractivity contribution is 7.89. The van der Waals surface area contributed by atoms with Crippen LogP contribution in [0, 0.1) is 6.92 Å². The molecule has 1 fully saturated rings. The minimum Gasteiger partial charge on any atom is -0.393 e. The molecule has 27 heavy (non-hydrogen) atoms. The summed E-state index contributed by atoms with van der Waals surface area (Å²) in [7, 11) is -3.56. The molecular formula is C20H23N3O3S. The van der Waals surface area contributed by atoms with E-state index in [0.29, 0.717) is 25.7 Å². The van der Waals surface area contributed by atoms with Crippen LogP contribution in [-0.4, -0.2) is 35.6 Å². The van der Waals surface area contributed by atoms with Crippen molar-refractivity contribution in [2.75, 3.05) is 0 Å². The molecule has 0 radical (unpaired) electrons. The number of aromatic amines is 1. The Morgan fingerprint density at radius 1 is 1.11 bits per heavy atom. The molecule has 3 N–H and O–H groups in total. The molecule has 7 heteroatoms. The van der Waals surface area contributed by atoms with Crippen LogP contribution in [-0.2, 0) is 10.0 Å². The molecule has 0 saturated heterocycles. The van der Waals surface area contributed by atoms with E-state index >= 15 is 0 Å². The number of aryl methyl sites for hydroxylation is 1. The first-order chi connectivity index (χ1) is 12.9. The van der Waals surface area contributed by atoms with Gasteiger partial charge in [0, 0.05) is 23.3 Å². The third-order valence-electron chi connectivity index (χ3n) is 5.16. The molecule has 1 aromatic carbocycles. The standard InChI is InChI=1S/C20H23N3O3S/c1-13-12-19-18(10-11-21-20(19)22-13)14-2-8-17(9-3-14)27(25,26)23-15-4-6-16(24)7-5-15/h2-3,8-12,15-16,23-24H,4-7H2,1H3,(H,21,22). The van der Waals surface area contributed by atoms with E-state index in [2.05, 4.69) is 14.7 Å². The number of aromatic nitrogens is 2. The summed E-state index contributed by atoms with van der Waals surface area (Å²) < 4.78 is 28.1. The van der Waals surface area contributed by atoms with Crippen LogP contribution < -0.4 is 4.72 Å². The number of aliphatic hydroxyl groups excluding tert-OH is 1. The number of rotatable bonds is 4. The molecule has 1 aliphatic rings. The zero-order valence-electron chi connectivity index (χ0n) is 15.1. The molecule has 0 bridgehead atoms. The number of benzene rings is 1. The van der Waals surface area contributed by atoms with Crippen LogP contribution >= 0.6 is 0 Å². The van der Waals surface area contributed by atoms with Gasteiger partial charge in [0.2, 0.25) is 10.0 Å². The summed E-state index contributed by atoms with van der Waals surface area (Å²) in [4.78, 5) is 7.81. The van der Waals surface area contributed by atoms with Crippen molar-refractivity contribution in [3.63, 3.8) is 0 Å². The molecule has 2 aromatic heterocycles. The molecule has 0 amide bonds. The van der Waals surface area contributed by atoms with Crippen molar-refractivity contribution in [3.05, 3.63) is 48.3 Å². The Balaban J connectivity index is 1.58. The average molecular weight is 385 g/mol. The molecule has 0 spiro atoms. The van der Waals surface area contributed by atoms with E-state index in [9.17, 15) is 13.5 Å². The highest BCUT2D eigenvalue weighted by Gasteiger charge is 2.24. The monoisotopic (exact) mass is 385 g/mol. The minimum absolute atomic E-state index is 0.110. The largest absolute Gasteiger partial charge is 0.393 e. The number of H-pyrrole nitrogens is 1. The third kappa shape index (κ3) is 3.76. The lowest BCUT2D eigenvalue weighted by atomic mass is 9.94. The van der Waals surface area contributed by atoms with Crippen LogP contribution in [0.3, 0.4) is 0 Å². The fraction of sp³-hybridized carbons (Fsp3) is 0.350. The van der Waals surface area contributed by atoms with Crippen molar-refractivity contribution in [1.82, 2.24) is 14.7 Å². The smallest absolute Gasteiger partial charge is 0.240 e. The average Bonchev–Trinajstić information content (AvgIpc) is 3.04. The van der Waals surface area contributed by atoms with Crippen LogP contribution in [0.4, 0.5) is 0 Å². The van der Waals surface area contributed by atoms with E-state index in [-0.39, 0.29) is 17.0 Å². The Labute approximate surface area is 158 Å². The van der Waals surface area contributed by atoms with Crippen LogP contribution in [0.1, 0.15) is 31.4 Å². The zero-order chi connectivity index (χ0) is 19.0. The number of pyridine rings is 1. The van der Waals surface area contributed by atoms with E-state index in [1.807, 2.05) is 31.2 Å². The summed E-state index contributed by atoms with van der Waals surface area (Å²) in [5.74, 6) is 0. The molecule has 3 aromatic rings. The number of sulfonamides is 1. The lowest BCUT2D eigenvalue weighted by Gasteiger charge is -2.26. The van der Waals surface area contributed by atoms with Gasteiger partial charge in [-0.05, 0) is 68.0 Å². The maximum absolute atomic E-state index is 12.7. The highest BCUT2D eigenvalue weighted by Crippen LogP contribution is 2.29. The second kappa shape index (κ2) is 7.07. The van der Waals surface area contributed by atoms with E-state index in [1.165, 1.54) is 0 Å². The van der Waals surface area contributed by atoms with Gasteiger partial charge in [-0.3, -0.25) is 0 Å². The summed E-state index contributed by atoms with van der Waals surface area (Å²) >= 11 is 0. The summed E-state index contributed by atoms with van der Waals surface area (Å²) in [6.07, 6.45) is 4.05. The maximum atomic E-state index is 12.7. The molecule has 142 valence electrons. The van der Waals surface area contributed by atoms with Crippen LogP contribution in [0.25, 0.3) is 22.2 Å². The van der Waals surface area contributed by atoms with Gasteiger partial charge in [-0.15, -0.1) is 0 Å². The Morgan fingerprint density at radius 3 is 2.52 bits per heavy atom. The van der Waals surface area contributed by atoms with Crippen molar-refractivity contribution in [1.29, 1.82) is 0 Å². The first-order valence-electron chi connectivity index (χ1n) is 9.17. The van der Waals surface area contributed by atoms with Crippen molar-refractivity contribution in [2.24, 2.45) is 0 Å². The van der Waals surface area contributed by atoms with E-state index < -0.39 is 10.0 Å². The molecule has 2 heterocycles. The van der Waals surface area contributed by atoms with Gasteiger partial charge in [0.25, 0.3) is 0 Å². The second-order valence-corrected chi connectivity index (χ2v) is 8.94. The van der Waals surface area contributed by atoms with Gasteiger partial charge in [0.05, 0.1) is 11.0 Å². The quantitative estimate of drug-likeness (QED) is 0.643. The third-order valence-corrected chi connectivity index (χ3v) is 6.70. The van der Waals surface area contributed by atoms with Gasteiger partial charge >= 0.3 is 0 Å². The summed E-state index contributed by atoms with van der Waals surface area (Å²) in [6.45, 7) is 1.98. The fourth-order valence-corrected chi connectivity index (χ4v) is 5.01. The van der Waals surface area contributed by atoms with Gasteiger partial charge in [-0.25, -0.2) is 18.1 Å². The highest BCUT2D eigenvalue weighted by atomic mass is 32.2. The summed E-state index contributed by atoms with van der Waals surface area (Å²) in [5.41, 5.74) is 3.82. The number of fused-ring (bicyclic) bond motifs is 1. The Bertz CT molecular complexity index is 1050. The molecule has 6 nitrogen and oxygen atoms in total. The lowest BCUT2D eigenvalue weighted by Crippen LogP contribution is -2.38. The van der Waals surface area contributed by atoms with Crippen molar-refractivity contribution < 1.29 is 13.5 Å². The van der Waals surface area contributed by atoms with Crippen LogP contribution in [0.2, 0.25) is 0 Å². The number of aliphatic hydroxyl groups is 1. The molecular weight excluding hydrogens is 362 g/mol. The SMILES string of the molecule is Cc1cc2c(-c3ccc(S(=O)(=O)NC4CCC(O)CC4)cc3)ccnc2[nH]1. The molecule has 1 aliphatic carbocycles. The predicted molar refractivity (Wildman–Crippen MR) is 105 cm³/mol. The minimum atomic E-state index is -3.56. The van der Waals surface area contributed by atoms with Crippen molar-refractivity contribution in [2.45, 2.75) is 49.6 Å². The summed E-state index contributed by atoms with van der Waals surface area (Å²) in [5, 5.41) is 10.6. The molecule has 0 atom stereocenters. The lowest BCUT2D eigenvalue weighted by molar-refractivity contribution is 0.120. The predicted octanol–water partition coefficient (Wildman–Crippen LogP) is 3.12. The van der Waals surface area contributed by atoms with Crippen molar-refractivity contribution >= 4 is 21.1 Å². The first-order valence-corrected chi connectivity index (χ1v) is 10.7. The fourth-order valence-electron chi connectivity index (χ4n) is 3.70. The Hall–Kier alpha value is -2.22. The maximum Gasteiger partial charge on any atom is 0.240 e. The van der Waals surface area contributed by atoms with Gasteiger partial charge < -0.3 is 10.1 Å². The topological polar surface area (TPSA) is 95.1 Å². The van der Waals surface area contributed by atoms with Crippen LogP contribution in [0.5, 0.6) is 0 Å². The van der Waals surface area contributed by atoms with E-state index in [0.717, 1.165) is 27.9 Å². The molecule has 4 rings (SSSR count). The van der Waals surface area contributed by atoms with Crippen LogP contribution in [0.15, 0.2) is 47.5 Å². The summed E-state index contributed by atoms with van der Waals surface area (Å²) in [6, 6.07) is 10.8. The van der Waals surface area contributed by atoms with Gasteiger partial charge in [-0.1, -0.05) is 12.1 Å². The number of hydrogen-bond donors (Lipinski definition) is 3. The zero-order valence-corrected chi connectivity index (χ0v) is 16.0. The number of hydrogen-bond acceptors (Lipinski definition) is 4.